The number of aromatic amines is 1. The molecule has 0 aliphatic rings. The van der Waals surface area contributed by atoms with Gasteiger partial charge in [0.15, 0.2) is 5.69 Å². The SMILES string of the molecule is Cc1ccc2[nH]nc(C(=O)Nc3ccc(NC(=O)C(C)C)cc3)c2c1. The highest BCUT2D eigenvalue weighted by atomic mass is 16.2. The average Bonchev–Trinajstić information content (AvgIpc) is 2.99. The van der Waals surface area contributed by atoms with Crippen molar-refractivity contribution in [2.45, 2.75) is 20.8 Å². The first kappa shape index (κ1) is 16.7. The maximum Gasteiger partial charge on any atom is 0.276 e. The summed E-state index contributed by atoms with van der Waals surface area (Å²) in [6, 6.07) is 12.8. The fourth-order valence-corrected chi connectivity index (χ4v) is 2.41. The van der Waals surface area contributed by atoms with Crippen LogP contribution in [-0.4, -0.2) is 22.0 Å². The number of nitrogens with one attached hydrogen (secondary N) is 3. The predicted molar refractivity (Wildman–Crippen MR) is 98.7 cm³/mol. The molecular weight excluding hydrogens is 316 g/mol. The van der Waals surface area contributed by atoms with Gasteiger partial charge in [-0.05, 0) is 43.3 Å². The van der Waals surface area contributed by atoms with Crippen molar-refractivity contribution in [3.8, 4) is 0 Å². The number of rotatable bonds is 4. The first-order valence-electron chi connectivity index (χ1n) is 8.11. The molecule has 2 amide bonds. The van der Waals surface area contributed by atoms with Crippen molar-refractivity contribution in [3.63, 3.8) is 0 Å². The summed E-state index contributed by atoms with van der Waals surface area (Å²) in [6.07, 6.45) is 0. The highest BCUT2D eigenvalue weighted by Crippen LogP contribution is 2.20. The van der Waals surface area contributed by atoms with Crippen molar-refractivity contribution in [2.24, 2.45) is 5.92 Å². The molecule has 0 saturated carbocycles. The van der Waals surface area contributed by atoms with Crippen LogP contribution in [0.5, 0.6) is 0 Å². The Balaban J connectivity index is 1.74. The molecule has 3 N–H and O–H groups in total. The number of H-pyrrole nitrogens is 1. The van der Waals surface area contributed by atoms with Crippen LogP contribution in [0.15, 0.2) is 42.5 Å². The van der Waals surface area contributed by atoms with E-state index >= 15 is 0 Å². The minimum Gasteiger partial charge on any atom is -0.326 e. The van der Waals surface area contributed by atoms with Crippen LogP contribution in [0, 0.1) is 12.8 Å². The normalized spacial score (nSPS) is 10.9. The van der Waals surface area contributed by atoms with Crippen LogP contribution in [0.2, 0.25) is 0 Å². The predicted octanol–water partition coefficient (Wildman–Crippen LogP) is 3.72. The number of benzene rings is 2. The Morgan fingerprint density at radius 1 is 1.00 bits per heavy atom. The summed E-state index contributed by atoms with van der Waals surface area (Å²) in [7, 11) is 0. The third-order valence-corrected chi connectivity index (χ3v) is 3.87. The summed E-state index contributed by atoms with van der Waals surface area (Å²) >= 11 is 0. The van der Waals surface area contributed by atoms with E-state index in [1.54, 1.807) is 24.3 Å². The van der Waals surface area contributed by atoms with Crippen LogP contribution in [0.1, 0.15) is 29.9 Å². The fraction of sp³-hybridized carbons (Fsp3) is 0.211. The summed E-state index contributed by atoms with van der Waals surface area (Å²) in [5.41, 5.74) is 3.57. The summed E-state index contributed by atoms with van der Waals surface area (Å²) in [5, 5.41) is 13.4. The Morgan fingerprint density at radius 2 is 1.64 bits per heavy atom. The first-order chi connectivity index (χ1) is 11.9. The molecule has 6 heteroatoms. The number of hydrogen-bond acceptors (Lipinski definition) is 3. The van der Waals surface area contributed by atoms with Gasteiger partial charge in [-0.1, -0.05) is 25.5 Å². The summed E-state index contributed by atoms with van der Waals surface area (Å²) in [6.45, 7) is 5.64. The number of carbonyl (C=O) groups is 2. The summed E-state index contributed by atoms with van der Waals surface area (Å²) in [4.78, 5) is 24.2. The Bertz CT molecular complexity index is 926. The molecule has 0 radical (unpaired) electrons. The molecule has 3 rings (SSSR count). The number of hydrogen-bond donors (Lipinski definition) is 3. The smallest absolute Gasteiger partial charge is 0.276 e. The molecule has 25 heavy (non-hydrogen) atoms. The van der Waals surface area contributed by atoms with Crippen molar-refractivity contribution in [3.05, 3.63) is 53.7 Å². The Labute approximate surface area is 145 Å². The van der Waals surface area contributed by atoms with Gasteiger partial charge in [0, 0.05) is 22.7 Å². The molecule has 6 nitrogen and oxygen atoms in total. The molecule has 128 valence electrons. The number of amides is 2. The van der Waals surface area contributed by atoms with Crippen molar-refractivity contribution < 1.29 is 9.59 Å². The van der Waals surface area contributed by atoms with Gasteiger partial charge in [0.25, 0.3) is 5.91 Å². The van der Waals surface area contributed by atoms with E-state index in [2.05, 4.69) is 20.8 Å². The van der Waals surface area contributed by atoms with E-state index in [-0.39, 0.29) is 17.7 Å². The maximum atomic E-state index is 12.5. The quantitative estimate of drug-likeness (QED) is 0.678. The fourth-order valence-electron chi connectivity index (χ4n) is 2.41. The van der Waals surface area contributed by atoms with Gasteiger partial charge in [-0.15, -0.1) is 0 Å². The summed E-state index contributed by atoms with van der Waals surface area (Å²) < 4.78 is 0. The van der Waals surface area contributed by atoms with Gasteiger partial charge in [-0.25, -0.2) is 0 Å². The Hall–Kier alpha value is -3.15. The molecule has 0 unspecified atom stereocenters. The molecular formula is C19H20N4O2. The van der Waals surface area contributed by atoms with Gasteiger partial charge in [0.05, 0.1) is 5.52 Å². The van der Waals surface area contributed by atoms with E-state index in [4.69, 9.17) is 0 Å². The zero-order valence-corrected chi connectivity index (χ0v) is 14.4. The Kier molecular flexibility index (Phi) is 4.52. The lowest BCUT2D eigenvalue weighted by atomic mass is 10.1. The maximum absolute atomic E-state index is 12.5. The lowest BCUT2D eigenvalue weighted by Crippen LogP contribution is -2.17. The topological polar surface area (TPSA) is 86.9 Å². The van der Waals surface area contributed by atoms with Gasteiger partial charge >= 0.3 is 0 Å². The second-order valence-electron chi connectivity index (χ2n) is 6.30. The van der Waals surface area contributed by atoms with Crippen molar-refractivity contribution in [1.29, 1.82) is 0 Å². The van der Waals surface area contributed by atoms with E-state index in [9.17, 15) is 9.59 Å². The zero-order chi connectivity index (χ0) is 18.0. The van der Waals surface area contributed by atoms with Crippen LogP contribution in [0.3, 0.4) is 0 Å². The van der Waals surface area contributed by atoms with E-state index in [1.165, 1.54) is 0 Å². The monoisotopic (exact) mass is 336 g/mol. The van der Waals surface area contributed by atoms with E-state index in [0.29, 0.717) is 17.1 Å². The van der Waals surface area contributed by atoms with Gasteiger partial charge in [-0.2, -0.15) is 5.10 Å². The van der Waals surface area contributed by atoms with Crippen molar-refractivity contribution in [1.82, 2.24) is 10.2 Å². The van der Waals surface area contributed by atoms with Crippen LogP contribution < -0.4 is 10.6 Å². The standard InChI is InChI=1S/C19H20N4O2/c1-11(2)18(24)20-13-5-7-14(8-6-13)21-19(25)17-15-10-12(3)4-9-16(15)22-23-17/h4-11H,1-3H3,(H,20,24)(H,21,25)(H,22,23). The van der Waals surface area contributed by atoms with Crippen LogP contribution in [0.25, 0.3) is 10.9 Å². The zero-order valence-electron chi connectivity index (χ0n) is 14.4. The van der Waals surface area contributed by atoms with Gasteiger partial charge in [0.1, 0.15) is 0 Å². The van der Waals surface area contributed by atoms with Gasteiger partial charge in [0.2, 0.25) is 5.91 Å². The number of carbonyl (C=O) groups excluding carboxylic acids is 2. The Morgan fingerprint density at radius 3 is 2.28 bits per heavy atom. The number of aryl methyl sites for hydroxylation is 1. The molecule has 0 bridgehead atoms. The van der Waals surface area contributed by atoms with Crippen LogP contribution in [-0.2, 0) is 4.79 Å². The van der Waals surface area contributed by atoms with Gasteiger partial charge < -0.3 is 10.6 Å². The highest BCUT2D eigenvalue weighted by molar-refractivity contribution is 6.11. The number of aromatic nitrogens is 2. The van der Waals surface area contributed by atoms with Crippen LogP contribution in [0.4, 0.5) is 11.4 Å². The largest absolute Gasteiger partial charge is 0.326 e. The second kappa shape index (κ2) is 6.76. The van der Waals surface area contributed by atoms with E-state index in [1.807, 2.05) is 39.0 Å². The molecule has 0 aliphatic heterocycles. The minimum absolute atomic E-state index is 0.0462. The molecule has 0 aliphatic carbocycles. The van der Waals surface area contributed by atoms with Gasteiger partial charge in [-0.3, -0.25) is 14.7 Å². The molecule has 1 heterocycles. The molecule has 0 spiro atoms. The molecule has 2 aromatic carbocycles. The molecule has 1 aromatic heterocycles. The summed E-state index contributed by atoms with van der Waals surface area (Å²) in [5.74, 6) is -0.415. The van der Waals surface area contributed by atoms with Crippen LogP contribution >= 0.6 is 0 Å². The molecule has 0 saturated heterocycles. The second-order valence-corrected chi connectivity index (χ2v) is 6.30. The molecule has 0 atom stereocenters. The first-order valence-corrected chi connectivity index (χ1v) is 8.11. The number of nitrogens with zero attached hydrogens (tertiary/aromatic N) is 1. The van der Waals surface area contributed by atoms with Crippen molar-refractivity contribution >= 4 is 34.1 Å². The third-order valence-electron chi connectivity index (χ3n) is 3.87. The number of fused-ring (bicyclic) bond motifs is 1. The average molecular weight is 336 g/mol. The molecule has 0 fully saturated rings. The minimum atomic E-state index is -0.282. The highest BCUT2D eigenvalue weighted by Gasteiger charge is 2.14. The third kappa shape index (κ3) is 3.68. The molecule has 3 aromatic rings. The lowest BCUT2D eigenvalue weighted by molar-refractivity contribution is -0.118. The van der Waals surface area contributed by atoms with E-state index < -0.39 is 0 Å². The number of anilines is 2. The van der Waals surface area contributed by atoms with E-state index in [0.717, 1.165) is 16.5 Å². The van der Waals surface area contributed by atoms with Crippen molar-refractivity contribution in [2.75, 3.05) is 10.6 Å². The lowest BCUT2D eigenvalue weighted by Gasteiger charge is -2.09.